The van der Waals surface area contributed by atoms with Crippen molar-refractivity contribution in [1.29, 1.82) is 0 Å². The lowest BCUT2D eigenvalue weighted by atomic mass is 10.0. The smallest absolute Gasteiger partial charge is 0.330 e. The Morgan fingerprint density at radius 2 is 2.12 bits per heavy atom. The molecule has 1 aliphatic carbocycles. The summed E-state index contributed by atoms with van der Waals surface area (Å²) in [6, 6.07) is 0. The van der Waals surface area contributed by atoms with Gasteiger partial charge in [-0.2, -0.15) is 0 Å². The van der Waals surface area contributed by atoms with Gasteiger partial charge in [-0.3, -0.25) is 4.90 Å². The highest BCUT2D eigenvalue weighted by Gasteiger charge is 2.31. The van der Waals surface area contributed by atoms with E-state index < -0.39 is 5.60 Å². The zero-order valence-corrected chi connectivity index (χ0v) is 10.8. The van der Waals surface area contributed by atoms with E-state index in [-0.39, 0.29) is 5.97 Å². The predicted octanol–water partition coefficient (Wildman–Crippen LogP) is 1.34. The maximum atomic E-state index is 11.1. The Kier molecular flexibility index (Phi) is 5.65. The number of esters is 1. The molecule has 1 saturated carbocycles. The molecule has 0 amide bonds. The van der Waals surface area contributed by atoms with E-state index in [1.807, 2.05) is 11.9 Å². The Balaban J connectivity index is 2.25. The van der Waals surface area contributed by atoms with Crippen LogP contribution in [0.5, 0.6) is 0 Å². The first-order valence-electron chi connectivity index (χ1n) is 6.30. The number of aliphatic hydroxyl groups is 1. The number of ether oxygens (including phenoxy) is 1. The van der Waals surface area contributed by atoms with E-state index in [9.17, 15) is 9.90 Å². The van der Waals surface area contributed by atoms with Crippen LogP contribution in [0.4, 0.5) is 0 Å². The third-order valence-electron chi connectivity index (χ3n) is 3.06. The third-order valence-corrected chi connectivity index (χ3v) is 3.06. The molecule has 1 aliphatic rings. The van der Waals surface area contributed by atoms with Gasteiger partial charge in [-0.05, 0) is 26.8 Å². The van der Waals surface area contributed by atoms with Gasteiger partial charge in [0.1, 0.15) is 0 Å². The second-order valence-electron chi connectivity index (χ2n) is 4.78. The van der Waals surface area contributed by atoms with Crippen LogP contribution < -0.4 is 0 Å². The van der Waals surface area contributed by atoms with Crippen molar-refractivity contribution in [2.45, 2.75) is 38.2 Å². The minimum Gasteiger partial charge on any atom is -0.463 e. The highest BCUT2D eigenvalue weighted by atomic mass is 16.5. The summed E-state index contributed by atoms with van der Waals surface area (Å²) in [5.74, 6) is -0.305. The van der Waals surface area contributed by atoms with Crippen molar-refractivity contribution >= 4 is 5.97 Å². The Morgan fingerprint density at radius 3 is 2.71 bits per heavy atom. The van der Waals surface area contributed by atoms with Gasteiger partial charge in [0.15, 0.2) is 0 Å². The lowest BCUT2D eigenvalue weighted by molar-refractivity contribution is -0.137. The first-order chi connectivity index (χ1) is 8.06. The molecule has 0 spiro atoms. The summed E-state index contributed by atoms with van der Waals surface area (Å²) < 4.78 is 4.78. The van der Waals surface area contributed by atoms with E-state index in [1.54, 1.807) is 13.0 Å². The van der Waals surface area contributed by atoms with Crippen molar-refractivity contribution in [3.8, 4) is 0 Å². The molecule has 0 unspecified atom stereocenters. The summed E-state index contributed by atoms with van der Waals surface area (Å²) in [5.41, 5.74) is -0.521. The molecule has 0 aromatic heterocycles. The van der Waals surface area contributed by atoms with Gasteiger partial charge in [0.2, 0.25) is 0 Å². The third kappa shape index (κ3) is 5.33. The van der Waals surface area contributed by atoms with Gasteiger partial charge < -0.3 is 9.84 Å². The molecule has 98 valence electrons. The molecule has 0 heterocycles. The average molecular weight is 241 g/mol. The van der Waals surface area contributed by atoms with Gasteiger partial charge in [-0.1, -0.05) is 18.9 Å². The molecule has 4 nitrogen and oxygen atoms in total. The molecule has 0 bridgehead atoms. The summed E-state index contributed by atoms with van der Waals surface area (Å²) in [5, 5.41) is 10.2. The second-order valence-corrected chi connectivity index (χ2v) is 4.78. The monoisotopic (exact) mass is 241 g/mol. The number of carbonyl (C=O) groups excluding carboxylic acids is 1. The summed E-state index contributed by atoms with van der Waals surface area (Å²) in [6.45, 7) is 3.51. The van der Waals surface area contributed by atoms with Crippen LogP contribution in [0, 0.1) is 0 Å². The van der Waals surface area contributed by atoms with E-state index in [0.717, 1.165) is 25.7 Å². The lowest BCUT2D eigenvalue weighted by Crippen LogP contribution is -2.39. The Hall–Kier alpha value is -0.870. The number of nitrogens with zero attached hydrogens (tertiary/aromatic N) is 1. The summed E-state index contributed by atoms with van der Waals surface area (Å²) in [4.78, 5) is 13.1. The fourth-order valence-electron chi connectivity index (χ4n) is 2.28. The number of rotatable bonds is 6. The standard InChI is InChI=1S/C13H23NO3/c1-3-17-12(15)7-6-10-14(2)11-13(16)8-4-5-9-13/h6-7,16H,3-5,8-11H2,1-2H3/b7-6+. The molecule has 1 fully saturated rings. The van der Waals surface area contributed by atoms with Gasteiger partial charge in [0, 0.05) is 19.2 Å². The first kappa shape index (κ1) is 14.2. The maximum absolute atomic E-state index is 11.1. The van der Waals surface area contributed by atoms with Crippen molar-refractivity contribution in [3.63, 3.8) is 0 Å². The normalized spacial score (nSPS) is 19.1. The topological polar surface area (TPSA) is 49.8 Å². The molecule has 0 saturated heterocycles. The van der Waals surface area contributed by atoms with Gasteiger partial charge >= 0.3 is 5.97 Å². The number of hydrogen-bond donors (Lipinski definition) is 1. The number of hydrogen-bond acceptors (Lipinski definition) is 4. The highest BCUT2D eigenvalue weighted by Crippen LogP contribution is 2.29. The molecule has 17 heavy (non-hydrogen) atoms. The highest BCUT2D eigenvalue weighted by molar-refractivity contribution is 5.81. The van der Waals surface area contributed by atoms with Crippen molar-refractivity contribution in [3.05, 3.63) is 12.2 Å². The Labute approximate surface area is 103 Å². The van der Waals surface area contributed by atoms with Gasteiger partial charge in [-0.15, -0.1) is 0 Å². The molecule has 0 aromatic carbocycles. The van der Waals surface area contributed by atoms with Crippen molar-refractivity contribution < 1.29 is 14.6 Å². The Morgan fingerprint density at radius 1 is 1.47 bits per heavy atom. The summed E-state index contributed by atoms with van der Waals surface area (Å²) in [7, 11) is 1.95. The molecule has 4 heteroatoms. The number of likely N-dealkylation sites (N-methyl/N-ethyl adjacent to an activating group) is 1. The van der Waals surface area contributed by atoms with Crippen LogP contribution in [0.1, 0.15) is 32.6 Å². The van der Waals surface area contributed by atoms with Crippen LogP contribution in [0.2, 0.25) is 0 Å². The predicted molar refractivity (Wildman–Crippen MR) is 66.7 cm³/mol. The molecule has 0 aromatic rings. The van der Waals surface area contributed by atoms with Crippen LogP contribution >= 0.6 is 0 Å². The molecular formula is C13H23NO3. The fourth-order valence-corrected chi connectivity index (χ4v) is 2.28. The molecular weight excluding hydrogens is 218 g/mol. The zero-order chi connectivity index (χ0) is 12.7. The van der Waals surface area contributed by atoms with Gasteiger partial charge in [0.05, 0.1) is 12.2 Å². The molecule has 0 aliphatic heterocycles. The largest absolute Gasteiger partial charge is 0.463 e. The minimum atomic E-state index is -0.521. The van der Waals surface area contributed by atoms with Crippen LogP contribution in [0.15, 0.2) is 12.2 Å². The van der Waals surface area contributed by atoms with E-state index in [0.29, 0.717) is 19.7 Å². The fraction of sp³-hybridized carbons (Fsp3) is 0.769. The van der Waals surface area contributed by atoms with E-state index in [4.69, 9.17) is 4.74 Å². The van der Waals surface area contributed by atoms with E-state index in [2.05, 4.69) is 0 Å². The molecule has 0 radical (unpaired) electrons. The average Bonchev–Trinajstić information content (AvgIpc) is 2.65. The second kappa shape index (κ2) is 6.77. The van der Waals surface area contributed by atoms with Gasteiger partial charge in [0.25, 0.3) is 0 Å². The van der Waals surface area contributed by atoms with Crippen molar-refractivity contribution in [1.82, 2.24) is 4.90 Å². The SMILES string of the molecule is CCOC(=O)/C=C/CN(C)CC1(O)CCCC1. The maximum Gasteiger partial charge on any atom is 0.330 e. The van der Waals surface area contributed by atoms with Crippen LogP contribution in [0.25, 0.3) is 0 Å². The minimum absolute atomic E-state index is 0.305. The van der Waals surface area contributed by atoms with Crippen molar-refractivity contribution in [2.24, 2.45) is 0 Å². The summed E-state index contributed by atoms with van der Waals surface area (Å²) >= 11 is 0. The van der Waals surface area contributed by atoms with Crippen LogP contribution in [0.3, 0.4) is 0 Å². The lowest BCUT2D eigenvalue weighted by Gasteiger charge is -2.27. The molecule has 1 rings (SSSR count). The molecule has 1 N–H and O–H groups in total. The zero-order valence-electron chi connectivity index (χ0n) is 10.8. The van der Waals surface area contributed by atoms with E-state index >= 15 is 0 Å². The van der Waals surface area contributed by atoms with Crippen LogP contribution in [-0.2, 0) is 9.53 Å². The van der Waals surface area contributed by atoms with E-state index in [1.165, 1.54) is 6.08 Å². The first-order valence-corrected chi connectivity index (χ1v) is 6.30. The Bertz CT molecular complexity index is 270. The summed E-state index contributed by atoms with van der Waals surface area (Å²) in [6.07, 6.45) is 7.22. The quantitative estimate of drug-likeness (QED) is 0.563. The van der Waals surface area contributed by atoms with Crippen molar-refractivity contribution in [2.75, 3.05) is 26.7 Å². The number of carbonyl (C=O) groups is 1. The van der Waals surface area contributed by atoms with Gasteiger partial charge in [-0.25, -0.2) is 4.79 Å². The molecule has 0 atom stereocenters. The van der Waals surface area contributed by atoms with Crippen LogP contribution in [-0.4, -0.2) is 48.3 Å².